The molecule has 0 spiro atoms. The average molecular weight is 178 g/mol. The van der Waals surface area contributed by atoms with Crippen LogP contribution in [0.4, 0.5) is 4.39 Å². The molecule has 1 aromatic rings. The van der Waals surface area contributed by atoms with Gasteiger partial charge in [0.1, 0.15) is 6.17 Å². The maximum absolute atomic E-state index is 13.3. The van der Waals surface area contributed by atoms with Crippen molar-refractivity contribution in [3.8, 4) is 0 Å². The molecule has 1 heteroatoms. The van der Waals surface area contributed by atoms with Gasteiger partial charge in [-0.05, 0) is 17.5 Å². The molecule has 0 aliphatic heterocycles. The van der Waals surface area contributed by atoms with Crippen molar-refractivity contribution < 1.29 is 4.39 Å². The molecule has 1 atom stereocenters. The highest BCUT2D eigenvalue weighted by atomic mass is 19.1. The van der Waals surface area contributed by atoms with Gasteiger partial charge in [0.05, 0.1) is 0 Å². The molecule has 1 unspecified atom stereocenters. The normalized spacial score (nSPS) is 12.5. The van der Waals surface area contributed by atoms with E-state index < -0.39 is 6.17 Å². The van der Waals surface area contributed by atoms with Crippen molar-refractivity contribution in [2.24, 2.45) is 0 Å². The Labute approximate surface area is 79.1 Å². The Balaban J connectivity index is 2.73. The minimum Gasteiger partial charge on any atom is -0.242 e. The van der Waals surface area contributed by atoms with E-state index >= 15 is 0 Å². The number of hydrogen-bond donors (Lipinski definition) is 0. The maximum Gasteiger partial charge on any atom is 0.125 e. The van der Waals surface area contributed by atoms with Gasteiger partial charge < -0.3 is 0 Å². The van der Waals surface area contributed by atoms with Crippen molar-refractivity contribution in [1.82, 2.24) is 0 Å². The van der Waals surface area contributed by atoms with Gasteiger partial charge in [-0.3, -0.25) is 0 Å². The zero-order valence-corrected chi connectivity index (χ0v) is 7.96. The van der Waals surface area contributed by atoms with E-state index in [9.17, 15) is 4.39 Å². The molecule has 0 radical (unpaired) electrons. The molecule has 0 nitrogen and oxygen atoms in total. The molecule has 0 amide bonds. The highest BCUT2D eigenvalue weighted by Gasteiger charge is 2.06. The van der Waals surface area contributed by atoms with Gasteiger partial charge in [0.25, 0.3) is 0 Å². The molecule has 0 aliphatic carbocycles. The highest BCUT2D eigenvalue weighted by molar-refractivity contribution is 5.47. The van der Waals surface area contributed by atoms with E-state index in [0.29, 0.717) is 6.42 Å². The smallest absolute Gasteiger partial charge is 0.125 e. The van der Waals surface area contributed by atoms with Crippen LogP contribution in [-0.2, 0) is 0 Å². The van der Waals surface area contributed by atoms with E-state index in [4.69, 9.17) is 0 Å². The Morgan fingerprint density at radius 1 is 1.38 bits per heavy atom. The van der Waals surface area contributed by atoms with E-state index in [-0.39, 0.29) is 0 Å². The van der Waals surface area contributed by atoms with E-state index in [2.05, 4.69) is 6.58 Å². The van der Waals surface area contributed by atoms with E-state index in [1.54, 1.807) is 6.08 Å². The van der Waals surface area contributed by atoms with Gasteiger partial charge in [0.2, 0.25) is 0 Å². The number of benzene rings is 1. The second kappa shape index (κ2) is 4.80. The molecule has 0 saturated carbocycles. The fraction of sp³-hybridized carbons (Fsp3) is 0.333. The van der Waals surface area contributed by atoms with Crippen LogP contribution >= 0.6 is 0 Å². The molecule has 0 bridgehead atoms. The Morgan fingerprint density at radius 2 is 2.00 bits per heavy atom. The first kappa shape index (κ1) is 9.97. The van der Waals surface area contributed by atoms with Crippen molar-refractivity contribution in [1.29, 1.82) is 0 Å². The third kappa shape index (κ3) is 2.69. The van der Waals surface area contributed by atoms with E-state index in [0.717, 1.165) is 17.5 Å². The molecule has 13 heavy (non-hydrogen) atoms. The molecule has 0 fully saturated rings. The summed E-state index contributed by atoms with van der Waals surface area (Å²) in [5.74, 6) is 0. The first-order chi connectivity index (χ1) is 6.27. The topological polar surface area (TPSA) is 0 Å². The summed E-state index contributed by atoms with van der Waals surface area (Å²) in [6, 6.07) is 7.45. The summed E-state index contributed by atoms with van der Waals surface area (Å²) in [5.41, 5.74) is 1.81. The summed E-state index contributed by atoms with van der Waals surface area (Å²) >= 11 is 0. The van der Waals surface area contributed by atoms with Gasteiger partial charge in [-0.25, -0.2) is 4.39 Å². The minimum atomic E-state index is -0.816. The molecule has 0 N–H and O–H groups in total. The first-order valence-corrected chi connectivity index (χ1v) is 4.64. The third-order valence-corrected chi connectivity index (χ3v) is 2.08. The lowest BCUT2D eigenvalue weighted by Gasteiger charge is -2.06. The maximum atomic E-state index is 13.3. The van der Waals surface area contributed by atoms with Crippen molar-refractivity contribution in [3.05, 3.63) is 42.0 Å². The largest absolute Gasteiger partial charge is 0.242 e. The van der Waals surface area contributed by atoms with Crippen LogP contribution in [-0.4, -0.2) is 0 Å². The van der Waals surface area contributed by atoms with Crippen LogP contribution in [0.1, 0.15) is 37.1 Å². The monoisotopic (exact) mass is 178 g/mol. The third-order valence-electron chi connectivity index (χ3n) is 2.08. The Hall–Kier alpha value is -1.11. The highest BCUT2D eigenvalue weighted by Crippen LogP contribution is 2.22. The van der Waals surface area contributed by atoms with Gasteiger partial charge in [-0.15, -0.1) is 0 Å². The van der Waals surface area contributed by atoms with Crippen molar-refractivity contribution in [2.75, 3.05) is 0 Å². The molecule has 0 saturated heterocycles. The fourth-order valence-electron chi connectivity index (χ4n) is 1.26. The Kier molecular flexibility index (Phi) is 3.69. The molecule has 0 heterocycles. The van der Waals surface area contributed by atoms with Gasteiger partial charge in [-0.1, -0.05) is 50.3 Å². The second-order valence-electron chi connectivity index (χ2n) is 3.13. The zero-order chi connectivity index (χ0) is 9.68. The van der Waals surface area contributed by atoms with Crippen LogP contribution in [0.2, 0.25) is 0 Å². The molecular formula is C12H15F. The van der Waals surface area contributed by atoms with Crippen molar-refractivity contribution >= 4 is 6.08 Å². The average Bonchev–Trinajstić information content (AvgIpc) is 2.18. The molecule has 70 valence electrons. The Bertz CT molecular complexity index is 261. The van der Waals surface area contributed by atoms with Crippen LogP contribution in [0.3, 0.4) is 0 Å². The van der Waals surface area contributed by atoms with Gasteiger partial charge in [0, 0.05) is 0 Å². The number of rotatable bonds is 4. The fourth-order valence-corrected chi connectivity index (χ4v) is 1.26. The SMILES string of the molecule is C=Cc1ccc(C(F)CCC)cc1. The second-order valence-corrected chi connectivity index (χ2v) is 3.13. The molecule has 0 aliphatic rings. The molecule has 1 rings (SSSR count). The van der Waals surface area contributed by atoms with Crippen LogP contribution in [0.15, 0.2) is 30.8 Å². The van der Waals surface area contributed by atoms with Crippen molar-refractivity contribution in [3.63, 3.8) is 0 Å². The van der Waals surface area contributed by atoms with E-state index in [1.807, 2.05) is 31.2 Å². The lowest BCUT2D eigenvalue weighted by Crippen LogP contribution is -1.90. The summed E-state index contributed by atoms with van der Waals surface area (Å²) in [6.07, 6.45) is 2.43. The summed E-state index contributed by atoms with van der Waals surface area (Å²) < 4.78 is 13.3. The lowest BCUT2D eigenvalue weighted by molar-refractivity contribution is 0.321. The van der Waals surface area contributed by atoms with Gasteiger partial charge >= 0.3 is 0 Å². The standard InChI is InChI=1S/C12H15F/c1-3-5-12(13)11-8-6-10(4-2)7-9-11/h4,6-9,12H,2-3,5H2,1H3. The lowest BCUT2D eigenvalue weighted by atomic mass is 10.0. The summed E-state index contributed by atoms with van der Waals surface area (Å²) in [7, 11) is 0. The summed E-state index contributed by atoms with van der Waals surface area (Å²) in [6.45, 7) is 5.64. The predicted molar refractivity (Wildman–Crippen MR) is 55.3 cm³/mol. The molecule has 0 aromatic heterocycles. The Morgan fingerprint density at radius 3 is 2.46 bits per heavy atom. The summed E-state index contributed by atoms with van der Waals surface area (Å²) in [4.78, 5) is 0. The molecular weight excluding hydrogens is 163 g/mol. The van der Waals surface area contributed by atoms with Crippen LogP contribution in [0.25, 0.3) is 6.08 Å². The quantitative estimate of drug-likeness (QED) is 0.650. The number of halogens is 1. The minimum absolute atomic E-state index is 0.605. The number of hydrogen-bond acceptors (Lipinski definition) is 0. The first-order valence-electron chi connectivity index (χ1n) is 4.64. The van der Waals surface area contributed by atoms with E-state index in [1.165, 1.54) is 0 Å². The van der Waals surface area contributed by atoms with Crippen LogP contribution in [0, 0.1) is 0 Å². The van der Waals surface area contributed by atoms with Gasteiger partial charge in [0.15, 0.2) is 0 Å². The molecule has 1 aromatic carbocycles. The predicted octanol–water partition coefficient (Wildman–Crippen LogP) is 4.14. The van der Waals surface area contributed by atoms with Gasteiger partial charge in [-0.2, -0.15) is 0 Å². The van der Waals surface area contributed by atoms with Crippen LogP contribution < -0.4 is 0 Å². The zero-order valence-electron chi connectivity index (χ0n) is 7.96. The van der Waals surface area contributed by atoms with Crippen molar-refractivity contribution in [2.45, 2.75) is 25.9 Å². The van der Waals surface area contributed by atoms with Crippen LogP contribution in [0.5, 0.6) is 0 Å². The number of alkyl halides is 1. The summed E-state index contributed by atoms with van der Waals surface area (Å²) in [5, 5.41) is 0.